The fourth-order valence-electron chi connectivity index (χ4n) is 2.41. The van der Waals surface area contributed by atoms with Crippen molar-refractivity contribution in [3.8, 4) is 0 Å². The van der Waals surface area contributed by atoms with Gasteiger partial charge in [0, 0.05) is 10.8 Å². The van der Waals surface area contributed by atoms with Gasteiger partial charge in [-0.05, 0) is 24.3 Å². The standard InChI is InChI=1S/C14H12NO4P/c16-14-10-5-1-3-7-12(10)15(9-20(17,18)19)13-8-4-2-6-11(13)14/h1-8H,9H2,(H2,17,18,19). The van der Waals surface area contributed by atoms with Crippen molar-refractivity contribution in [1.29, 1.82) is 0 Å². The first-order chi connectivity index (χ1) is 9.47. The van der Waals surface area contributed by atoms with E-state index in [0.29, 0.717) is 21.8 Å². The smallest absolute Gasteiger partial charge is 0.328 e. The molecule has 102 valence electrons. The van der Waals surface area contributed by atoms with Crippen LogP contribution >= 0.6 is 7.60 Å². The van der Waals surface area contributed by atoms with Crippen LogP contribution in [0.5, 0.6) is 0 Å². The highest BCUT2D eigenvalue weighted by molar-refractivity contribution is 7.50. The maximum atomic E-state index is 12.4. The number of hydrogen-bond acceptors (Lipinski definition) is 2. The summed E-state index contributed by atoms with van der Waals surface area (Å²) in [5, 5.41) is 0.916. The molecule has 1 aromatic heterocycles. The van der Waals surface area contributed by atoms with E-state index >= 15 is 0 Å². The Morgan fingerprint density at radius 2 is 1.35 bits per heavy atom. The maximum absolute atomic E-state index is 12.4. The minimum atomic E-state index is -4.25. The molecule has 3 rings (SSSR count). The fourth-order valence-corrected chi connectivity index (χ4v) is 3.09. The average Bonchev–Trinajstić information content (AvgIpc) is 2.42. The number of pyridine rings is 1. The van der Waals surface area contributed by atoms with Gasteiger partial charge >= 0.3 is 7.60 Å². The number of hydrogen-bond donors (Lipinski definition) is 2. The summed E-state index contributed by atoms with van der Waals surface area (Å²) in [5.41, 5.74) is 0.928. The van der Waals surface area contributed by atoms with E-state index in [2.05, 4.69) is 0 Å². The number of aromatic nitrogens is 1. The summed E-state index contributed by atoms with van der Waals surface area (Å²) in [6.07, 6.45) is -0.450. The third-order valence-electron chi connectivity index (χ3n) is 3.20. The van der Waals surface area contributed by atoms with Gasteiger partial charge in [0.25, 0.3) is 0 Å². The van der Waals surface area contributed by atoms with Crippen LogP contribution in [-0.2, 0) is 10.9 Å². The van der Waals surface area contributed by atoms with Crippen molar-refractivity contribution < 1.29 is 14.4 Å². The molecule has 0 aliphatic heterocycles. The zero-order chi connectivity index (χ0) is 14.3. The molecule has 20 heavy (non-hydrogen) atoms. The van der Waals surface area contributed by atoms with Crippen molar-refractivity contribution in [2.24, 2.45) is 0 Å². The molecule has 2 aromatic carbocycles. The second-order valence-electron chi connectivity index (χ2n) is 4.60. The van der Waals surface area contributed by atoms with Crippen LogP contribution < -0.4 is 5.43 Å². The van der Waals surface area contributed by atoms with E-state index in [1.54, 1.807) is 48.5 Å². The molecular weight excluding hydrogens is 277 g/mol. The van der Waals surface area contributed by atoms with Gasteiger partial charge < -0.3 is 14.4 Å². The lowest BCUT2D eigenvalue weighted by Gasteiger charge is -2.15. The van der Waals surface area contributed by atoms with Crippen LogP contribution in [0.2, 0.25) is 0 Å². The summed E-state index contributed by atoms with van der Waals surface area (Å²) < 4.78 is 12.9. The molecule has 0 spiro atoms. The molecule has 0 amide bonds. The van der Waals surface area contributed by atoms with Crippen molar-refractivity contribution in [2.75, 3.05) is 0 Å². The number of benzene rings is 2. The number of fused-ring (bicyclic) bond motifs is 2. The van der Waals surface area contributed by atoms with E-state index < -0.39 is 13.9 Å². The van der Waals surface area contributed by atoms with Crippen molar-refractivity contribution in [3.05, 3.63) is 58.8 Å². The Labute approximate surface area is 114 Å². The van der Waals surface area contributed by atoms with Crippen molar-refractivity contribution >= 4 is 29.4 Å². The first-order valence-corrected chi connectivity index (χ1v) is 7.82. The van der Waals surface area contributed by atoms with Crippen LogP contribution in [0.3, 0.4) is 0 Å². The van der Waals surface area contributed by atoms with Gasteiger partial charge in [-0.15, -0.1) is 0 Å². The summed E-state index contributed by atoms with van der Waals surface area (Å²) in [6.45, 7) is 0. The molecular formula is C14H12NO4P. The van der Waals surface area contributed by atoms with Crippen molar-refractivity contribution in [3.63, 3.8) is 0 Å². The number of rotatable bonds is 2. The van der Waals surface area contributed by atoms with E-state index in [0.717, 1.165) is 0 Å². The van der Waals surface area contributed by atoms with Crippen LogP contribution in [0, 0.1) is 0 Å². The lowest BCUT2D eigenvalue weighted by Crippen LogP contribution is -2.11. The zero-order valence-corrected chi connectivity index (χ0v) is 11.3. The molecule has 0 aliphatic rings. The molecule has 0 fully saturated rings. The van der Waals surface area contributed by atoms with Crippen molar-refractivity contribution in [2.45, 2.75) is 6.29 Å². The monoisotopic (exact) mass is 289 g/mol. The highest BCUT2D eigenvalue weighted by Crippen LogP contribution is 2.38. The van der Waals surface area contributed by atoms with E-state index in [-0.39, 0.29) is 5.43 Å². The van der Waals surface area contributed by atoms with Gasteiger partial charge in [-0.25, -0.2) is 0 Å². The molecule has 0 atom stereocenters. The first kappa shape index (κ1) is 13.1. The van der Waals surface area contributed by atoms with Gasteiger partial charge in [0.05, 0.1) is 11.0 Å². The van der Waals surface area contributed by atoms with Crippen molar-refractivity contribution in [1.82, 2.24) is 4.57 Å². The lowest BCUT2D eigenvalue weighted by molar-refractivity contribution is 0.364. The predicted octanol–water partition coefficient (Wildman–Crippen LogP) is 2.29. The molecule has 1 heterocycles. The molecule has 6 heteroatoms. The molecule has 0 bridgehead atoms. The molecule has 0 saturated heterocycles. The molecule has 0 unspecified atom stereocenters. The van der Waals surface area contributed by atoms with Crippen LogP contribution in [-0.4, -0.2) is 14.4 Å². The predicted molar refractivity (Wildman–Crippen MR) is 77.8 cm³/mol. The third-order valence-corrected chi connectivity index (χ3v) is 3.86. The fraction of sp³-hybridized carbons (Fsp3) is 0.0714. The minimum Gasteiger partial charge on any atom is -0.328 e. The first-order valence-electron chi connectivity index (χ1n) is 6.02. The Kier molecular flexibility index (Phi) is 2.98. The quantitative estimate of drug-likeness (QED) is 0.560. The second-order valence-corrected chi connectivity index (χ2v) is 6.21. The Morgan fingerprint density at radius 1 is 0.900 bits per heavy atom. The highest BCUT2D eigenvalue weighted by atomic mass is 31.2. The minimum absolute atomic E-state index is 0.127. The molecule has 0 radical (unpaired) electrons. The Hall–Kier alpha value is -1.94. The summed E-state index contributed by atoms with van der Waals surface area (Å²) >= 11 is 0. The SMILES string of the molecule is O=c1c2ccccc2n(CP(=O)(O)O)c2ccccc12. The lowest BCUT2D eigenvalue weighted by atomic mass is 10.1. The Morgan fingerprint density at radius 3 is 1.80 bits per heavy atom. The number of nitrogens with zero attached hydrogens (tertiary/aromatic N) is 1. The molecule has 0 saturated carbocycles. The molecule has 5 nitrogen and oxygen atoms in total. The van der Waals surface area contributed by atoms with Gasteiger partial charge in [-0.1, -0.05) is 24.3 Å². The van der Waals surface area contributed by atoms with Crippen LogP contribution in [0.15, 0.2) is 53.3 Å². The summed E-state index contributed by atoms with van der Waals surface area (Å²) in [7, 11) is -4.25. The summed E-state index contributed by atoms with van der Waals surface area (Å²) in [4.78, 5) is 30.9. The Bertz CT molecular complexity index is 850. The third kappa shape index (κ3) is 2.16. The Balaban J connectivity index is 2.53. The zero-order valence-electron chi connectivity index (χ0n) is 10.4. The summed E-state index contributed by atoms with van der Waals surface area (Å²) in [6, 6.07) is 13.7. The van der Waals surface area contributed by atoms with Gasteiger partial charge in [-0.3, -0.25) is 9.36 Å². The van der Waals surface area contributed by atoms with Gasteiger partial charge in [0.15, 0.2) is 5.43 Å². The van der Waals surface area contributed by atoms with Gasteiger partial charge in [-0.2, -0.15) is 0 Å². The molecule has 2 N–H and O–H groups in total. The molecule has 3 aromatic rings. The number of para-hydroxylation sites is 2. The average molecular weight is 289 g/mol. The van der Waals surface area contributed by atoms with Crippen LogP contribution in [0.4, 0.5) is 0 Å². The van der Waals surface area contributed by atoms with E-state index in [1.165, 1.54) is 4.57 Å². The van der Waals surface area contributed by atoms with E-state index in [1.807, 2.05) is 0 Å². The molecule has 0 aliphatic carbocycles. The highest BCUT2D eigenvalue weighted by Gasteiger charge is 2.18. The van der Waals surface area contributed by atoms with Gasteiger partial charge in [0.1, 0.15) is 6.29 Å². The summed E-state index contributed by atoms with van der Waals surface area (Å²) in [5.74, 6) is 0. The topological polar surface area (TPSA) is 79.5 Å². The second kappa shape index (κ2) is 4.56. The largest absolute Gasteiger partial charge is 0.345 e. The normalized spacial score (nSPS) is 12.1. The van der Waals surface area contributed by atoms with E-state index in [9.17, 15) is 19.1 Å². The van der Waals surface area contributed by atoms with Crippen LogP contribution in [0.25, 0.3) is 21.8 Å². The van der Waals surface area contributed by atoms with E-state index in [4.69, 9.17) is 0 Å². The van der Waals surface area contributed by atoms with Crippen LogP contribution in [0.1, 0.15) is 0 Å². The van der Waals surface area contributed by atoms with Gasteiger partial charge in [0.2, 0.25) is 0 Å². The maximum Gasteiger partial charge on any atom is 0.345 e.